The topological polar surface area (TPSA) is 12.0 Å². The Morgan fingerprint density at radius 3 is 2.68 bits per heavy atom. The van der Waals surface area contributed by atoms with Crippen LogP contribution in [0.1, 0.15) is 29.7 Å². The molecule has 0 saturated heterocycles. The van der Waals surface area contributed by atoms with Gasteiger partial charge in [-0.05, 0) is 48.7 Å². The Labute approximate surface area is 122 Å². The van der Waals surface area contributed by atoms with Crippen molar-refractivity contribution in [1.29, 1.82) is 0 Å². The normalized spacial score (nSPS) is 12.4. The van der Waals surface area contributed by atoms with Crippen molar-refractivity contribution in [2.45, 2.75) is 26.4 Å². The standard InChI is InChI=1S/C16H17BrFN/c1-11-8-13(6-7-16(11)18)10-19-12(2)14-4-3-5-15(17)9-14/h3-9,12,19H,10H2,1-2H3/t12-/m0/s1. The lowest BCUT2D eigenvalue weighted by atomic mass is 10.1. The molecule has 0 bridgehead atoms. The van der Waals surface area contributed by atoms with Crippen LogP contribution in [0.5, 0.6) is 0 Å². The van der Waals surface area contributed by atoms with Crippen molar-refractivity contribution in [1.82, 2.24) is 5.32 Å². The van der Waals surface area contributed by atoms with E-state index >= 15 is 0 Å². The molecule has 3 heteroatoms. The van der Waals surface area contributed by atoms with Crippen LogP contribution >= 0.6 is 15.9 Å². The zero-order valence-electron chi connectivity index (χ0n) is 11.1. The molecule has 0 unspecified atom stereocenters. The summed E-state index contributed by atoms with van der Waals surface area (Å²) in [6.07, 6.45) is 0. The summed E-state index contributed by atoms with van der Waals surface area (Å²) in [6, 6.07) is 13.7. The number of halogens is 2. The largest absolute Gasteiger partial charge is 0.306 e. The predicted molar refractivity (Wildman–Crippen MR) is 80.5 cm³/mol. The molecule has 0 saturated carbocycles. The molecule has 0 aliphatic heterocycles. The summed E-state index contributed by atoms with van der Waals surface area (Å²) in [5, 5.41) is 3.45. The Morgan fingerprint density at radius 2 is 2.00 bits per heavy atom. The van der Waals surface area contributed by atoms with Gasteiger partial charge >= 0.3 is 0 Å². The van der Waals surface area contributed by atoms with Crippen LogP contribution in [0, 0.1) is 12.7 Å². The zero-order chi connectivity index (χ0) is 13.8. The molecule has 0 aliphatic rings. The summed E-state index contributed by atoms with van der Waals surface area (Å²) in [7, 11) is 0. The molecule has 19 heavy (non-hydrogen) atoms. The quantitative estimate of drug-likeness (QED) is 0.857. The maximum absolute atomic E-state index is 13.2. The highest BCUT2D eigenvalue weighted by molar-refractivity contribution is 9.10. The predicted octanol–water partition coefficient (Wildman–Crippen LogP) is 4.75. The number of benzene rings is 2. The summed E-state index contributed by atoms with van der Waals surface area (Å²) in [5.41, 5.74) is 3.02. The van der Waals surface area contributed by atoms with E-state index in [-0.39, 0.29) is 11.9 Å². The first-order valence-corrected chi connectivity index (χ1v) is 7.09. The van der Waals surface area contributed by atoms with E-state index in [2.05, 4.69) is 40.3 Å². The Morgan fingerprint density at radius 1 is 1.21 bits per heavy atom. The molecule has 2 rings (SSSR count). The third kappa shape index (κ3) is 3.88. The molecule has 0 aliphatic carbocycles. The Kier molecular flexibility index (Phi) is 4.72. The van der Waals surface area contributed by atoms with Gasteiger partial charge in [0, 0.05) is 17.1 Å². The molecule has 1 atom stereocenters. The lowest BCUT2D eigenvalue weighted by Gasteiger charge is -2.15. The van der Waals surface area contributed by atoms with Crippen molar-refractivity contribution in [3.63, 3.8) is 0 Å². The lowest BCUT2D eigenvalue weighted by Crippen LogP contribution is -2.18. The molecule has 0 radical (unpaired) electrons. The number of rotatable bonds is 4. The number of nitrogens with one attached hydrogen (secondary N) is 1. The van der Waals surface area contributed by atoms with Crippen LogP contribution in [0.4, 0.5) is 4.39 Å². The van der Waals surface area contributed by atoms with Crippen molar-refractivity contribution in [2.24, 2.45) is 0 Å². The summed E-state index contributed by atoms with van der Waals surface area (Å²) < 4.78 is 14.3. The molecule has 0 fully saturated rings. The fourth-order valence-electron chi connectivity index (χ4n) is 1.98. The van der Waals surface area contributed by atoms with E-state index in [1.54, 1.807) is 6.92 Å². The average Bonchev–Trinajstić information content (AvgIpc) is 2.40. The fourth-order valence-corrected chi connectivity index (χ4v) is 2.40. The minimum absolute atomic E-state index is 0.149. The summed E-state index contributed by atoms with van der Waals surface area (Å²) in [4.78, 5) is 0. The van der Waals surface area contributed by atoms with Gasteiger partial charge in [0.15, 0.2) is 0 Å². The van der Waals surface area contributed by atoms with E-state index in [1.807, 2.05) is 24.3 Å². The molecule has 0 spiro atoms. The van der Waals surface area contributed by atoms with Crippen LogP contribution in [-0.4, -0.2) is 0 Å². The van der Waals surface area contributed by atoms with Crippen LogP contribution in [0.3, 0.4) is 0 Å². The molecule has 1 N–H and O–H groups in total. The van der Waals surface area contributed by atoms with E-state index in [4.69, 9.17) is 0 Å². The van der Waals surface area contributed by atoms with Crippen LogP contribution < -0.4 is 5.32 Å². The molecule has 2 aromatic carbocycles. The van der Waals surface area contributed by atoms with Crippen LogP contribution in [0.25, 0.3) is 0 Å². The van der Waals surface area contributed by atoms with Crippen molar-refractivity contribution in [3.05, 3.63) is 69.4 Å². The van der Waals surface area contributed by atoms with Gasteiger partial charge in [-0.15, -0.1) is 0 Å². The van der Waals surface area contributed by atoms with Crippen LogP contribution in [0.2, 0.25) is 0 Å². The third-order valence-electron chi connectivity index (χ3n) is 3.18. The van der Waals surface area contributed by atoms with Gasteiger partial charge < -0.3 is 5.32 Å². The SMILES string of the molecule is Cc1cc(CN[C@@H](C)c2cccc(Br)c2)ccc1F. The van der Waals surface area contributed by atoms with Crippen molar-refractivity contribution in [3.8, 4) is 0 Å². The zero-order valence-corrected chi connectivity index (χ0v) is 12.7. The molecule has 2 aromatic rings. The van der Waals surface area contributed by atoms with Gasteiger partial charge in [0.1, 0.15) is 5.82 Å². The maximum Gasteiger partial charge on any atom is 0.126 e. The number of hydrogen-bond donors (Lipinski definition) is 1. The molecular formula is C16H17BrFN. The third-order valence-corrected chi connectivity index (χ3v) is 3.68. The first-order valence-electron chi connectivity index (χ1n) is 6.30. The van der Waals surface area contributed by atoms with E-state index in [0.29, 0.717) is 5.56 Å². The summed E-state index contributed by atoms with van der Waals surface area (Å²) in [5.74, 6) is -0.149. The van der Waals surface area contributed by atoms with Crippen molar-refractivity contribution in [2.75, 3.05) is 0 Å². The van der Waals surface area contributed by atoms with Crippen LogP contribution in [0.15, 0.2) is 46.9 Å². The molecule has 100 valence electrons. The summed E-state index contributed by atoms with van der Waals surface area (Å²) in [6.45, 7) is 4.64. The van der Waals surface area contributed by atoms with E-state index < -0.39 is 0 Å². The highest BCUT2D eigenvalue weighted by atomic mass is 79.9. The monoisotopic (exact) mass is 321 g/mol. The van der Waals surface area contributed by atoms with Crippen molar-refractivity contribution < 1.29 is 4.39 Å². The lowest BCUT2D eigenvalue weighted by molar-refractivity contribution is 0.571. The molecule has 0 heterocycles. The minimum Gasteiger partial charge on any atom is -0.306 e. The first-order chi connectivity index (χ1) is 9.06. The second kappa shape index (κ2) is 6.31. The Balaban J connectivity index is 2.00. The van der Waals surface area contributed by atoms with Gasteiger partial charge in [-0.2, -0.15) is 0 Å². The van der Waals surface area contributed by atoms with Gasteiger partial charge in [-0.3, -0.25) is 0 Å². The van der Waals surface area contributed by atoms with Gasteiger partial charge in [-0.1, -0.05) is 40.2 Å². The van der Waals surface area contributed by atoms with E-state index in [0.717, 1.165) is 16.6 Å². The number of aryl methyl sites for hydroxylation is 1. The molecular weight excluding hydrogens is 305 g/mol. The van der Waals surface area contributed by atoms with Gasteiger partial charge in [-0.25, -0.2) is 4.39 Å². The fraction of sp³-hybridized carbons (Fsp3) is 0.250. The second-order valence-electron chi connectivity index (χ2n) is 4.74. The first kappa shape index (κ1) is 14.2. The second-order valence-corrected chi connectivity index (χ2v) is 5.66. The maximum atomic E-state index is 13.2. The molecule has 1 nitrogen and oxygen atoms in total. The Bertz CT molecular complexity index is 568. The highest BCUT2D eigenvalue weighted by Crippen LogP contribution is 2.18. The molecule has 0 amide bonds. The van der Waals surface area contributed by atoms with E-state index in [1.165, 1.54) is 11.6 Å². The minimum atomic E-state index is -0.149. The van der Waals surface area contributed by atoms with Crippen LogP contribution in [-0.2, 0) is 6.54 Å². The smallest absolute Gasteiger partial charge is 0.126 e. The summed E-state index contributed by atoms with van der Waals surface area (Å²) >= 11 is 3.47. The average molecular weight is 322 g/mol. The van der Waals surface area contributed by atoms with Crippen molar-refractivity contribution >= 4 is 15.9 Å². The molecule has 0 aromatic heterocycles. The van der Waals surface area contributed by atoms with Gasteiger partial charge in [0.05, 0.1) is 0 Å². The van der Waals surface area contributed by atoms with E-state index in [9.17, 15) is 4.39 Å². The highest BCUT2D eigenvalue weighted by Gasteiger charge is 2.06. The number of hydrogen-bond acceptors (Lipinski definition) is 1. The van der Waals surface area contributed by atoms with Gasteiger partial charge in [0.2, 0.25) is 0 Å². The Hall–Kier alpha value is -1.19. The van der Waals surface area contributed by atoms with Gasteiger partial charge in [0.25, 0.3) is 0 Å².